The molecule has 0 aromatic heterocycles. The molecule has 3 aromatic rings. The molecule has 2 amide bonds. The Labute approximate surface area is 232 Å². The van der Waals surface area contributed by atoms with Crippen LogP contribution in [0.5, 0.6) is 0 Å². The van der Waals surface area contributed by atoms with Crippen molar-refractivity contribution in [3.05, 3.63) is 72.3 Å². The molecular weight excluding hydrogens is 508 g/mol. The minimum absolute atomic E-state index is 0.0159. The van der Waals surface area contributed by atoms with E-state index in [0.29, 0.717) is 22.9 Å². The van der Waals surface area contributed by atoms with Gasteiger partial charge in [0.2, 0.25) is 11.8 Å². The quantitative estimate of drug-likeness (QED) is 0.323. The molecule has 0 bridgehead atoms. The lowest BCUT2D eigenvalue weighted by Gasteiger charge is -2.23. The maximum absolute atomic E-state index is 13.7. The van der Waals surface area contributed by atoms with Crippen LogP contribution in [0.1, 0.15) is 64.9 Å². The predicted molar refractivity (Wildman–Crippen MR) is 157 cm³/mol. The highest BCUT2D eigenvalue weighted by molar-refractivity contribution is 7.91. The largest absolute Gasteiger partial charge is 0.344 e. The van der Waals surface area contributed by atoms with E-state index in [-0.39, 0.29) is 28.4 Å². The van der Waals surface area contributed by atoms with Gasteiger partial charge in [0.05, 0.1) is 10.6 Å². The number of hydrogen-bond acceptors (Lipinski definition) is 4. The molecule has 1 atom stereocenters. The summed E-state index contributed by atoms with van der Waals surface area (Å²) in [4.78, 5) is 27.2. The number of amides is 2. The topological polar surface area (TPSA) is 92.3 Å². The van der Waals surface area contributed by atoms with Crippen molar-refractivity contribution in [2.75, 3.05) is 11.1 Å². The predicted octanol–water partition coefficient (Wildman–Crippen LogP) is 6.30. The molecule has 1 fully saturated rings. The molecule has 0 aliphatic heterocycles. The number of carbonyl (C=O) groups excluding carboxylic acids is 2. The van der Waals surface area contributed by atoms with Crippen LogP contribution in [0.3, 0.4) is 0 Å². The van der Waals surface area contributed by atoms with Crippen molar-refractivity contribution in [1.82, 2.24) is 5.32 Å². The molecule has 0 radical (unpaired) electrons. The molecule has 1 saturated carbocycles. The number of anilines is 1. The van der Waals surface area contributed by atoms with Gasteiger partial charge in [0.1, 0.15) is 6.04 Å². The number of nitrogens with one attached hydrogen (secondary N) is 2. The second-order valence-electron chi connectivity index (χ2n) is 11.9. The van der Waals surface area contributed by atoms with E-state index in [4.69, 9.17) is 0 Å². The van der Waals surface area contributed by atoms with Crippen molar-refractivity contribution >= 4 is 38.1 Å². The van der Waals surface area contributed by atoms with Crippen LogP contribution in [-0.2, 0) is 25.8 Å². The average molecular weight is 549 g/mol. The first-order valence-electron chi connectivity index (χ1n) is 13.9. The third-order valence-electron chi connectivity index (χ3n) is 7.24. The van der Waals surface area contributed by atoms with E-state index in [1.807, 2.05) is 57.2 Å². The molecule has 39 heavy (non-hydrogen) atoms. The normalized spacial score (nSPS) is 15.9. The van der Waals surface area contributed by atoms with Gasteiger partial charge in [-0.15, -0.1) is 0 Å². The highest BCUT2D eigenvalue weighted by Crippen LogP contribution is 2.32. The van der Waals surface area contributed by atoms with Gasteiger partial charge >= 0.3 is 0 Å². The fraction of sp³-hybridized carbons (Fsp3) is 0.438. The maximum Gasteiger partial charge on any atom is 0.247 e. The molecule has 0 spiro atoms. The van der Waals surface area contributed by atoms with Crippen LogP contribution in [-0.4, -0.2) is 32.0 Å². The van der Waals surface area contributed by atoms with Gasteiger partial charge in [-0.2, -0.15) is 0 Å². The summed E-state index contributed by atoms with van der Waals surface area (Å²) >= 11 is 0. The van der Waals surface area contributed by atoms with Crippen LogP contribution in [0.15, 0.2) is 71.6 Å². The molecule has 2 N–H and O–H groups in total. The maximum atomic E-state index is 13.7. The molecule has 1 aliphatic rings. The highest BCUT2D eigenvalue weighted by atomic mass is 32.2. The minimum Gasteiger partial charge on any atom is -0.344 e. The van der Waals surface area contributed by atoms with Crippen molar-refractivity contribution in [3.63, 3.8) is 0 Å². The summed E-state index contributed by atoms with van der Waals surface area (Å²) < 4.78 is 26.5. The van der Waals surface area contributed by atoms with Crippen molar-refractivity contribution in [2.45, 2.75) is 76.7 Å². The number of hydrogen-bond donors (Lipinski definition) is 2. The lowest BCUT2D eigenvalue weighted by molar-refractivity contribution is -0.129. The van der Waals surface area contributed by atoms with Gasteiger partial charge in [0.25, 0.3) is 0 Å². The van der Waals surface area contributed by atoms with Crippen molar-refractivity contribution in [3.8, 4) is 0 Å². The fourth-order valence-corrected chi connectivity index (χ4v) is 7.51. The molecular formula is C32H40N2O4S. The summed E-state index contributed by atoms with van der Waals surface area (Å²) in [5.41, 5.74) is 1.08. The SMILES string of the molecule is CC(C)(C)CS(=O)(=O)c1cccc2c(NC(=O)[C@H](Cc3ccccc3)NC(=O)C3CCCCCC3)cccc12. The Kier molecular flexibility index (Phi) is 9.11. The summed E-state index contributed by atoms with van der Waals surface area (Å²) in [6, 6.07) is 19.3. The Balaban J connectivity index is 1.62. The summed E-state index contributed by atoms with van der Waals surface area (Å²) in [5, 5.41) is 7.27. The average Bonchev–Trinajstić information content (AvgIpc) is 3.17. The molecule has 3 aromatic carbocycles. The van der Waals surface area contributed by atoms with Gasteiger partial charge in [0, 0.05) is 28.8 Å². The van der Waals surface area contributed by atoms with Crippen LogP contribution in [0, 0.1) is 11.3 Å². The van der Waals surface area contributed by atoms with Gasteiger partial charge < -0.3 is 10.6 Å². The van der Waals surface area contributed by atoms with Gasteiger partial charge in [-0.05, 0) is 36.0 Å². The van der Waals surface area contributed by atoms with E-state index in [0.717, 1.165) is 44.1 Å². The zero-order valence-corrected chi connectivity index (χ0v) is 24.0. The van der Waals surface area contributed by atoms with E-state index < -0.39 is 21.3 Å². The second kappa shape index (κ2) is 12.3. The molecule has 0 heterocycles. The first kappa shape index (κ1) is 28.8. The number of rotatable bonds is 8. The minimum atomic E-state index is -3.55. The Morgan fingerprint density at radius 2 is 1.49 bits per heavy atom. The van der Waals surface area contributed by atoms with E-state index in [1.165, 1.54) is 0 Å². The molecule has 4 rings (SSSR count). The first-order valence-corrected chi connectivity index (χ1v) is 15.6. The van der Waals surface area contributed by atoms with E-state index in [2.05, 4.69) is 10.6 Å². The fourth-order valence-electron chi connectivity index (χ4n) is 5.42. The zero-order valence-electron chi connectivity index (χ0n) is 23.2. The molecule has 208 valence electrons. The van der Waals surface area contributed by atoms with E-state index >= 15 is 0 Å². The smallest absolute Gasteiger partial charge is 0.247 e. The van der Waals surface area contributed by atoms with Crippen LogP contribution in [0.4, 0.5) is 5.69 Å². The first-order chi connectivity index (χ1) is 18.5. The van der Waals surface area contributed by atoms with Crippen LogP contribution < -0.4 is 10.6 Å². The monoisotopic (exact) mass is 548 g/mol. The van der Waals surface area contributed by atoms with Crippen LogP contribution in [0.25, 0.3) is 10.8 Å². The molecule has 0 saturated heterocycles. The summed E-state index contributed by atoms with van der Waals surface area (Å²) in [7, 11) is -3.55. The van der Waals surface area contributed by atoms with Crippen molar-refractivity contribution in [1.29, 1.82) is 0 Å². The third kappa shape index (κ3) is 7.69. The molecule has 7 heteroatoms. The van der Waals surface area contributed by atoms with Gasteiger partial charge in [-0.3, -0.25) is 9.59 Å². The van der Waals surface area contributed by atoms with Crippen molar-refractivity contribution < 1.29 is 18.0 Å². The molecule has 1 aliphatic carbocycles. The van der Waals surface area contributed by atoms with Crippen molar-refractivity contribution in [2.24, 2.45) is 11.3 Å². The van der Waals surface area contributed by atoms with E-state index in [1.54, 1.807) is 30.3 Å². The molecule has 6 nitrogen and oxygen atoms in total. The van der Waals surface area contributed by atoms with Gasteiger partial charge in [0.15, 0.2) is 9.84 Å². The zero-order chi connectivity index (χ0) is 28.0. The number of fused-ring (bicyclic) bond motifs is 1. The standard InChI is InChI=1S/C32H40N2O4S/c1-32(2,3)22-39(37,38)29-20-12-17-25-26(29)18-11-19-27(25)33-31(36)28(21-23-13-7-6-8-14-23)34-30(35)24-15-9-4-5-10-16-24/h6-8,11-14,17-20,24,28H,4-5,9-10,15-16,21-22H2,1-3H3,(H,33,36)(H,34,35)/t28-/m0/s1. The highest BCUT2D eigenvalue weighted by Gasteiger charge is 2.28. The number of sulfone groups is 1. The lowest BCUT2D eigenvalue weighted by Crippen LogP contribution is -2.47. The second-order valence-corrected chi connectivity index (χ2v) is 13.9. The Hall–Kier alpha value is -3.19. The van der Waals surface area contributed by atoms with Gasteiger partial charge in [-0.25, -0.2) is 8.42 Å². The summed E-state index contributed by atoms with van der Waals surface area (Å²) in [6.45, 7) is 5.70. The lowest BCUT2D eigenvalue weighted by atomic mass is 9.98. The van der Waals surface area contributed by atoms with Gasteiger partial charge in [-0.1, -0.05) is 101 Å². The van der Waals surface area contributed by atoms with Crippen LogP contribution in [0.2, 0.25) is 0 Å². The summed E-state index contributed by atoms with van der Waals surface area (Å²) in [6.07, 6.45) is 6.41. The van der Waals surface area contributed by atoms with E-state index in [9.17, 15) is 18.0 Å². The summed E-state index contributed by atoms with van der Waals surface area (Å²) in [5.74, 6) is -0.452. The Morgan fingerprint density at radius 3 is 2.15 bits per heavy atom. The molecule has 0 unspecified atom stereocenters. The number of benzene rings is 3. The van der Waals surface area contributed by atoms with Crippen LogP contribution >= 0.6 is 0 Å². The Bertz CT molecular complexity index is 1400. The third-order valence-corrected chi connectivity index (χ3v) is 9.51. The Morgan fingerprint density at radius 1 is 0.846 bits per heavy atom. The number of carbonyl (C=O) groups is 2.